The molecular formula is C26H28O3. The number of carboxylic acids is 1. The molecule has 0 saturated carbocycles. The molecule has 3 aromatic rings. The van der Waals surface area contributed by atoms with Gasteiger partial charge in [0.25, 0.3) is 0 Å². The highest BCUT2D eigenvalue weighted by Crippen LogP contribution is 2.22. The van der Waals surface area contributed by atoms with Crippen molar-refractivity contribution >= 4 is 5.97 Å². The number of aliphatic carboxylic acids is 1. The maximum absolute atomic E-state index is 11.6. The van der Waals surface area contributed by atoms with Crippen molar-refractivity contribution in [3.05, 3.63) is 96.1 Å². The van der Waals surface area contributed by atoms with Crippen molar-refractivity contribution in [1.29, 1.82) is 0 Å². The van der Waals surface area contributed by atoms with Crippen LogP contribution in [0.25, 0.3) is 11.1 Å². The Hall–Kier alpha value is -2.91. The fraction of sp³-hybridized carbons (Fsp3) is 0.269. The molecule has 150 valence electrons. The summed E-state index contributed by atoms with van der Waals surface area (Å²) in [6.45, 7) is 0. The first-order chi connectivity index (χ1) is 14.1. The summed E-state index contributed by atoms with van der Waals surface area (Å²) in [5, 5.41) is 20.0. The van der Waals surface area contributed by atoms with Crippen molar-refractivity contribution in [3.8, 4) is 11.1 Å². The van der Waals surface area contributed by atoms with Gasteiger partial charge in [0, 0.05) is 0 Å². The molecule has 2 atom stereocenters. The fourth-order valence-electron chi connectivity index (χ4n) is 3.66. The summed E-state index contributed by atoms with van der Waals surface area (Å²) >= 11 is 0. The number of rotatable bonds is 10. The Balaban J connectivity index is 1.50. The van der Waals surface area contributed by atoms with Crippen LogP contribution in [0.3, 0.4) is 0 Å². The van der Waals surface area contributed by atoms with Crippen molar-refractivity contribution < 1.29 is 15.0 Å². The van der Waals surface area contributed by atoms with E-state index in [0.29, 0.717) is 19.3 Å². The molecule has 2 N–H and O–H groups in total. The average molecular weight is 389 g/mol. The van der Waals surface area contributed by atoms with E-state index in [1.165, 1.54) is 11.1 Å². The van der Waals surface area contributed by atoms with E-state index >= 15 is 0 Å². The van der Waals surface area contributed by atoms with Gasteiger partial charge in [0.15, 0.2) is 0 Å². The molecule has 0 aromatic heterocycles. The predicted molar refractivity (Wildman–Crippen MR) is 117 cm³/mol. The molecule has 29 heavy (non-hydrogen) atoms. The first-order valence-electron chi connectivity index (χ1n) is 10.2. The van der Waals surface area contributed by atoms with Gasteiger partial charge >= 0.3 is 5.97 Å². The van der Waals surface area contributed by atoms with E-state index < -0.39 is 18.0 Å². The van der Waals surface area contributed by atoms with Gasteiger partial charge in [0.1, 0.15) is 0 Å². The summed E-state index contributed by atoms with van der Waals surface area (Å²) in [5.41, 5.74) is 4.63. The smallest absolute Gasteiger partial charge is 0.309 e. The second kappa shape index (κ2) is 10.6. The van der Waals surface area contributed by atoms with Crippen LogP contribution in [0.5, 0.6) is 0 Å². The van der Waals surface area contributed by atoms with E-state index in [0.717, 1.165) is 24.0 Å². The molecule has 0 amide bonds. The predicted octanol–water partition coefficient (Wildman–Crippen LogP) is 5.37. The SMILES string of the molecule is O=C(O)C(CCCc1ccccc1)C(O)CCc1ccc(-c2ccccc2)cc1. The van der Waals surface area contributed by atoms with E-state index in [1.807, 2.05) is 48.5 Å². The Morgan fingerprint density at radius 3 is 1.86 bits per heavy atom. The molecule has 0 heterocycles. The van der Waals surface area contributed by atoms with Gasteiger partial charge in [-0.25, -0.2) is 0 Å². The normalized spacial score (nSPS) is 13.0. The zero-order valence-corrected chi connectivity index (χ0v) is 16.6. The van der Waals surface area contributed by atoms with Gasteiger partial charge < -0.3 is 10.2 Å². The molecule has 3 nitrogen and oxygen atoms in total. The summed E-state index contributed by atoms with van der Waals surface area (Å²) in [6.07, 6.45) is 2.35. The van der Waals surface area contributed by atoms with Gasteiger partial charge in [0.2, 0.25) is 0 Å². The van der Waals surface area contributed by atoms with Crippen LogP contribution in [-0.2, 0) is 17.6 Å². The highest BCUT2D eigenvalue weighted by Gasteiger charge is 2.25. The first-order valence-corrected chi connectivity index (χ1v) is 10.2. The number of hydrogen-bond acceptors (Lipinski definition) is 2. The van der Waals surface area contributed by atoms with Gasteiger partial charge in [-0.1, -0.05) is 84.9 Å². The molecule has 3 aromatic carbocycles. The van der Waals surface area contributed by atoms with Crippen LogP contribution >= 0.6 is 0 Å². The lowest BCUT2D eigenvalue weighted by Gasteiger charge is -2.19. The number of aliphatic hydroxyl groups is 1. The first kappa shape index (κ1) is 20.8. The van der Waals surface area contributed by atoms with E-state index in [2.05, 4.69) is 36.4 Å². The maximum Gasteiger partial charge on any atom is 0.309 e. The minimum absolute atomic E-state index is 0.451. The summed E-state index contributed by atoms with van der Waals surface area (Å²) in [5.74, 6) is -1.63. The van der Waals surface area contributed by atoms with E-state index in [1.54, 1.807) is 0 Å². The summed E-state index contributed by atoms with van der Waals surface area (Å²) in [7, 11) is 0. The lowest BCUT2D eigenvalue weighted by molar-refractivity contribution is -0.146. The summed E-state index contributed by atoms with van der Waals surface area (Å²) in [4.78, 5) is 11.6. The topological polar surface area (TPSA) is 57.5 Å². The number of carboxylic acid groups (broad SMARTS) is 1. The van der Waals surface area contributed by atoms with Crippen molar-refractivity contribution in [1.82, 2.24) is 0 Å². The van der Waals surface area contributed by atoms with Gasteiger partial charge in [-0.3, -0.25) is 4.79 Å². The summed E-state index contributed by atoms with van der Waals surface area (Å²) < 4.78 is 0. The van der Waals surface area contributed by atoms with Crippen LogP contribution in [0.4, 0.5) is 0 Å². The molecule has 0 aliphatic carbocycles. The lowest BCUT2D eigenvalue weighted by Crippen LogP contribution is -2.28. The van der Waals surface area contributed by atoms with Gasteiger partial charge in [0.05, 0.1) is 12.0 Å². The van der Waals surface area contributed by atoms with Gasteiger partial charge in [-0.2, -0.15) is 0 Å². The third-order valence-electron chi connectivity index (χ3n) is 5.39. The highest BCUT2D eigenvalue weighted by atomic mass is 16.4. The average Bonchev–Trinajstić information content (AvgIpc) is 2.76. The zero-order chi connectivity index (χ0) is 20.5. The van der Waals surface area contributed by atoms with E-state index in [-0.39, 0.29) is 0 Å². The van der Waals surface area contributed by atoms with E-state index in [4.69, 9.17) is 0 Å². The van der Waals surface area contributed by atoms with Crippen LogP contribution in [0.15, 0.2) is 84.9 Å². The molecule has 0 spiro atoms. The second-order valence-electron chi connectivity index (χ2n) is 7.49. The molecular weight excluding hydrogens is 360 g/mol. The largest absolute Gasteiger partial charge is 0.481 e. The molecule has 0 fully saturated rings. The van der Waals surface area contributed by atoms with Crippen LogP contribution in [0.2, 0.25) is 0 Å². The van der Waals surface area contributed by atoms with E-state index in [9.17, 15) is 15.0 Å². The minimum atomic E-state index is -0.912. The maximum atomic E-state index is 11.6. The third kappa shape index (κ3) is 6.30. The Labute approximate surface area is 172 Å². The molecule has 0 saturated heterocycles. The van der Waals surface area contributed by atoms with Crippen molar-refractivity contribution in [2.24, 2.45) is 5.92 Å². The molecule has 0 aliphatic heterocycles. The Morgan fingerprint density at radius 1 is 0.690 bits per heavy atom. The Morgan fingerprint density at radius 2 is 1.24 bits per heavy atom. The van der Waals surface area contributed by atoms with Crippen molar-refractivity contribution in [3.63, 3.8) is 0 Å². The van der Waals surface area contributed by atoms with Gasteiger partial charge in [-0.15, -0.1) is 0 Å². The highest BCUT2D eigenvalue weighted by molar-refractivity contribution is 5.70. The van der Waals surface area contributed by atoms with Crippen molar-refractivity contribution in [2.75, 3.05) is 0 Å². The third-order valence-corrected chi connectivity index (χ3v) is 5.39. The quantitative estimate of drug-likeness (QED) is 0.491. The molecule has 0 aliphatic rings. The number of hydrogen-bond donors (Lipinski definition) is 2. The molecule has 3 heteroatoms. The molecule has 0 radical (unpaired) electrons. The Kier molecular flexibility index (Phi) is 7.60. The molecule has 3 rings (SSSR count). The van der Waals surface area contributed by atoms with Crippen molar-refractivity contribution in [2.45, 2.75) is 38.2 Å². The fourth-order valence-corrected chi connectivity index (χ4v) is 3.66. The molecule has 2 unspecified atom stereocenters. The standard InChI is InChI=1S/C26H28O3/c27-25(24(26(28)29)13-7-10-20-8-3-1-4-9-20)19-16-21-14-17-23(18-15-21)22-11-5-2-6-12-22/h1-6,8-9,11-12,14-15,17-18,24-25,27H,7,10,13,16,19H2,(H,28,29). The number of carbonyl (C=O) groups is 1. The number of aryl methyl sites for hydroxylation is 2. The van der Waals surface area contributed by atoms with Crippen LogP contribution in [0, 0.1) is 5.92 Å². The Bertz CT molecular complexity index is 873. The summed E-state index contributed by atoms with van der Waals surface area (Å²) in [6, 6.07) is 28.5. The monoisotopic (exact) mass is 388 g/mol. The van der Waals surface area contributed by atoms with Crippen LogP contribution in [0.1, 0.15) is 30.4 Å². The number of benzene rings is 3. The van der Waals surface area contributed by atoms with Crippen LogP contribution < -0.4 is 0 Å². The number of aliphatic hydroxyl groups excluding tert-OH is 1. The van der Waals surface area contributed by atoms with Gasteiger partial charge in [-0.05, 0) is 54.4 Å². The molecule has 0 bridgehead atoms. The second-order valence-corrected chi connectivity index (χ2v) is 7.49. The zero-order valence-electron chi connectivity index (χ0n) is 16.6. The minimum Gasteiger partial charge on any atom is -0.481 e. The van der Waals surface area contributed by atoms with Crippen LogP contribution in [-0.4, -0.2) is 22.3 Å². The lowest BCUT2D eigenvalue weighted by atomic mass is 9.91.